The first kappa shape index (κ1) is 21.1. The largest absolute Gasteiger partial charge is 0.455 e. The van der Waals surface area contributed by atoms with E-state index in [2.05, 4.69) is 5.32 Å². The van der Waals surface area contributed by atoms with Crippen molar-refractivity contribution in [2.45, 2.75) is 24.9 Å². The number of benzene rings is 2. The van der Waals surface area contributed by atoms with Crippen LogP contribution in [-0.2, 0) is 23.1 Å². The van der Waals surface area contributed by atoms with Gasteiger partial charge in [0.15, 0.2) is 5.76 Å². The normalized spacial score (nSPS) is 11.6. The maximum atomic E-state index is 12.7. The van der Waals surface area contributed by atoms with Crippen molar-refractivity contribution >= 4 is 27.5 Å². The quantitative estimate of drug-likeness (QED) is 0.612. The van der Waals surface area contributed by atoms with Gasteiger partial charge in [-0.05, 0) is 48.9 Å². The molecule has 0 aliphatic carbocycles. The van der Waals surface area contributed by atoms with E-state index in [9.17, 15) is 13.2 Å². The molecule has 0 fully saturated rings. The molecule has 0 aliphatic heterocycles. The van der Waals surface area contributed by atoms with Gasteiger partial charge in [0.1, 0.15) is 5.76 Å². The first-order valence-electron chi connectivity index (χ1n) is 8.90. The van der Waals surface area contributed by atoms with Crippen LogP contribution in [0.1, 0.15) is 27.4 Å². The third-order valence-corrected chi connectivity index (χ3v) is 6.43. The summed E-state index contributed by atoms with van der Waals surface area (Å²) < 4.78 is 32.1. The van der Waals surface area contributed by atoms with Crippen molar-refractivity contribution in [3.63, 3.8) is 0 Å². The highest BCUT2D eigenvalue weighted by atomic mass is 35.5. The lowest BCUT2D eigenvalue weighted by molar-refractivity contribution is 0.0920. The minimum absolute atomic E-state index is 0.0146. The van der Waals surface area contributed by atoms with Crippen LogP contribution in [0, 0.1) is 6.92 Å². The van der Waals surface area contributed by atoms with Crippen molar-refractivity contribution in [1.29, 1.82) is 0 Å². The number of carbonyl (C=O) groups is 1. The van der Waals surface area contributed by atoms with Crippen LogP contribution >= 0.6 is 11.6 Å². The molecule has 1 N–H and O–H groups in total. The van der Waals surface area contributed by atoms with E-state index in [4.69, 9.17) is 16.0 Å². The Morgan fingerprint density at radius 1 is 1.03 bits per heavy atom. The molecule has 8 heteroatoms. The van der Waals surface area contributed by atoms with Crippen LogP contribution in [0.25, 0.3) is 0 Å². The van der Waals surface area contributed by atoms with Crippen LogP contribution in [0.15, 0.2) is 70.0 Å². The molecule has 0 radical (unpaired) electrons. The van der Waals surface area contributed by atoms with E-state index >= 15 is 0 Å². The van der Waals surface area contributed by atoms with Gasteiger partial charge in [0.2, 0.25) is 10.0 Å². The number of aryl methyl sites for hydroxylation is 1. The number of sulfonamides is 1. The molecule has 0 aliphatic rings. The molecular formula is C21H21ClN2O4S. The summed E-state index contributed by atoms with van der Waals surface area (Å²) in [4.78, 5) is 12.5. The van der Waals surface area contributed by atoms with Gasteiger partial charge < -0.3 is 9.73 Å². The van der Waals surface area contributed by atoms with E-state index < -0.39 is 10.0 Å². The molecule has 0 atom stereocenters. The van der Waals surface area contributed by atoms with E-state index in [1.807, 2.05) is 19.1 Å². The number of nitrogens with zero attached hydrogens (tertiary/aromatic N) is 1. The summed E-state index contributed by atoms with van der Waals surface area (Å²) in [5, 5.41) is 3.38. The third kappa shape index (κ3) is 5.26. The van der Waals surface area contributed by atoms with Gasteiger partial charge in [-0.15, -0.1) is 0 Å². The number of amides is 1. The molecular weight excluding hydrogens is 412 g/mol. The number of halogens is 1. The van der Waals surface area contributed by atoms with Crippen molar-refractivity contribution in [2.75, 3.05) is 7.05 Å². The number of furan rings is 1. The number of nitrogens with one attached hydrogen (secondary N) is 1. The molecule has 3 rings (SSSR count). The van der Waals surface area contributed by atoms with Gasteiger partial charge in [0, 0.05) is 18.6 Å². The smallest absolute Gasteiger partial charge is 0.287 e. The van der Waals surface area contributed by atoms with E-state index in [1.54, 1.807) is 42.5 Å². The fraction of sp³-hybridized carbons (Fsp3) is 0.190. The summed E-state index contributed by atoms with van der Waals surface area (Å²) in [7, 11) is -2.18. The minimum atomic E-state index is -3.65. The van der Waals surface area contributed by atoms with Gasteiger partial charge in [-0.2, -0.15) is 4.31 Å². The maximum absolute atomic E-state index is 12.7. The van der Waals surface area contributed by atoms with Gasteiger partial charge in [0.25, 0.3) is 5.91 Å². The molecule has 6 nitrogen and oxygen atoms in total. The highest BCUT2D eigenvalue weighted by Crippen LogP contribution is 2.19. The van der Waals surface area contributed by atoms with Gasteiger partial charge in [0.05, 0.1) is 11.4 Å². The predicted octanol–water partition coefficient (Wildman–Crippen LogP) is 3.99. The van der Waals surface area contributed by atoms with E-state index in [0.29, 0.717) is 17.3 Å². The minimum Gasteiger partial charge on any atom is -0.455 e. The second-order valence-corrected chi connectivity index (χ2v) is 9.13. The van der Waals surface area contributed by atoms with Gasteiger partial charge in [-0.3, -0.25) is 4.79 Å². The molecule has 29 heavy (non-hydrogen) atoms. The second-order valence-electron chi connectivity index (χ2n) is 6.65. The number of hydrogen-bond donors (Lipinski definition) is 1. The number of carbonyl (C=O) groups excluding carboxylic acids is 1. The molecule has 152 valence electrons. The number of rotatable bonds is 7. The van der Waals surface area contributed by atoms with Crippen LogP contribution < -0.4 is 5.32 Å². The standard InChI is InChI=1S/C21H21ClN2O4S/c1-15-3-10-19(11-4-15)29(26,27)24(2)14-18-9-12-20(28-18)21(25)23-13-16-5-7-17(22)8-6-16/h3-12H,13-14H2,1-2H3,(H,23,25). The molecule has 0 saturated carbocycles. The van der Waals surface area contributed by atoms with Crippen LogP contribution in [0.3, 0.4) is 0 Å². The average Bonchev–Trinajstić information content (AvgIpc) is 3.16. The molecule has 0 unspecified atom stereocenters. The van der Waals surface area contributed by atoms with Crippen LogP contribution in [0.4, 0.5) is 0 Å². The van der Waals surface area contributed by atoms with Crippen molar-refractivity contribution in [1.82, 2.24) is 9.62 Å². The third-order valence-electron chi connectivity index (χ3n) is 4.36. The Morgan fingerprint density at radius 2 is 1.69 bits per heavy atom. The van der Waals surface area contributed by atoms with Crippen LogP contribution in [0.2, 0.25) is 5.02 Å². The Labute approximate surface area is 175 Å². The van der Waals surface area contributed by atoms with Crippen LogP contribution in [-0.4, -0.2) is 25.7 Å². The van der Waals surface area contributed by atoms with E-state index in [0.717, 1.165) is 11.1 Å². The predicted molar refractivity (Wildman–Crippen MR) is 111 cm³/mol. The highest BCUT2D eigenvalue weighted by Gasteiger charge is 2.22. The lowest BCUT2D eigenvalue weighted by atomic mass is 10.2. The Hall–Kier alpha value is -2.61. The summed E-state index contributed by atoms with van der Waals surface area (Å²) >= 11 is 5.84. The molecule has 1 heterocycles. The molecule has 0 bridgehead atoms. The first-order chi connectivity index (χ1) is 13.8. The zero-order valence-electron chi connectivity index (χ0n) is 16.1. The molecule has 0 spiro atoms. The van der Waals surface area contributed by atoms with Crippen molar-refractivity contribution in [3.8, 4) is 0 Å². The Kier molecular flexibility index (Phi) is 6.42. The van der Waals surface area contributed by atoms with Crippen LogP contribution in [0.5, 0.6) is 0 Å². The molecule has 1 amide bonds. The zero-order chi connectivity index (χ0) is 21.0. The Bertz CT molecular complexity index is 1090. The van der Waals surface area contributed by atoms with Crippen molar-refractivity contribution < 1.29 is 17.6 Å². The molecule has 1 aromatic heterocycles. The summed E-state index contributed by atoms with van der Waals surface area (Å²) in [6.07, 6.45) is 0. The molecule has 3 aromatic rings. The first-order valence-corrected chi connectivity index (χ1v) is 10.7. The zero-order valence-corrected chi connectivity index (χ0v) is 17.6. The summed E-state index contributed by atoms with van der Waals surface area (Å²) in [5.74, 6) is 0.116. The maximum Gasteiger partial charge on any atom is 0.287 e. The molecule has 0 saturated heterocycles. The van der Waals surface area contributed by atoms with E-state index in [-0.39, 0.29) is 23.1 Å². The molecule has 2 aromatic carbocycles. The van der Waals surface area contributed by atoms with Crippen molar-refractivity contribution in [2.24, 2.45) is 0 Å². The van der Waals surface area contributed by atoms with Gasteiger partial charge in [-0.25, -0.2) is 8.42 Å². The number of hydrogen-bond acceptors (Lipinski definition) is 4. The van der Waals surface area contributed by atoms with Gasteiger partial charge in [-0.1, -0.05) is 41.4 Å². The lowest BCUT2D eigenvalue weighted by Gasteiger charge is -2.16. The highest BCUT2D eigenvalue weighted by molar-refractivity contribution is 7.89. The Morgan fingerprint density at radius 3 is 2.34 bits per heavy atom. The topological polar surface area (TPSA) is 79.6 Å². The lowest BCUT2D eigenvalue weighted by Crippen LogP contribution is -2.26. The SMILES string of the molecule is Cc1ccc(S(=O)(=O)N(C)Cc2ccc(C(=O)NCc3ccc(Cl)cc3)o2)cc1. The summed E-state index contributed by atoms with van der Waals surface area (Å²) in [5.41, 5.74) is 1.88. The van der Waals surface area contributed by atoms with E-state index in [1.165, 1.54) is 17.4 Å². The van der Waals surface area contributed by atoms with Gasteiger partial charge >= 0.3 is 0 Å². The Balaban J connectivity index is 1.62. The fourth-order valence-corrected chi connectivity index (χ4v) is 3.91. The summed E-state index contributed by atoms with van der Waals surface area (Å²) in [6, 6.07) is 16.9. The monoisotopic (exact) mass is 432 g/mol. The summed E-state index contributed by atoms with van der Waals surface area (Å²) in [6.45, 7) is 2.23. The average molecular weight is 433 g/mol. The second kappa shape index (κ2) is 8.82. The van der Waals surface area contributed by atoms with Crippen molar-refractivity contribution in [3.05, 3.63) is 88.3 Å². The fourth-order valence-electron chi connectivity index (χ4n) is 2.65.